The third-order valence-corrected chi connectivity index (χ3v) is 3.94. The zero-order valence-electron chi connectivity index (χ0n) is 12.1. The van der Waals surface area contributed by atoms with Crippen LogP contribution in [0.5, 0.6) is 0 Å². The Morgan fingerprint density at radius 2 is 2.14 bits per heavy atom. The van der Waals surface area contributed by atoms with Crippen LogP contribution in [-0.4, -0.2) is 55.3 Å². The van der Waals surface area contributed by atoms with E-state index in [1.165, 1.54) is 12.7 Å². The first-order chi connectivity index (χ1) is 10.5. The highest BCUT2D eigenvalue weighted by Crippen LogP contribution is 2.43. The average molecular weight is 308 g/mol. The minimum atomic E-state index is -0.758. The van der Waals surface area contributed by atoms with Crippen LogP contribution in [0.15, 0.2) is 17.4 Å². The Labute approximate surface area is 124 Å². The summed E-state index contributed by atoms with van der Waals surface area (Å²) < 4.78 is 19.2. The molecule has 4 rings (SSSR count). The van der Waals surface area contributed by atoms with Gasteiger partial charge in [0.15, 0.2) is 23.2 Å². The van der Waals surface area contributed by atoms with E-state index in [4.69, 9.17) is 14.2 Å². The lowest BCUT2D eigenvalue weighted by atomic mass is 10.1. The van der Waals surface area contributed by atoms with E-state index in [9.17, 15) is 9.90 Å². The number of aliphatic hydroxyl groups excluding tert-OH is 1. The normalized spacial score (nSPS) is 33.4. The number of H-pyrrole nitrogens is 1. The van der Waals surface area contributed by atoms with Crippen LogP contribution >= 0.6 is 0 Å². The maximum atomic E-state index is 11.8. The molecule has 9 heteroatoms. The fourth-order valence-corrected chi connectivity index (χ4v) is 3.08. The summed E-state index contributed by atoms with van der Waals surface area (Å²) in [7, 11) is 0. The maximum absolute atomic E-state index is 11.8. The Kier molecular flexibility index (Phi) is 2.89. The van der Waals surface area contributed by atoms with Crippen LogP contribution in [0.4, 0.5) is 0 Å². The van der Waals surface area contributed by atoms with Crippen LogP contribution in [0, 0.1) is 0 Å². The van der Waals surface area contributed by atoms with E-state index >= 15 is 0 Å². The molecular weight excluding hydrogens is 292 g/mol. The van der Waals surface area contributed by atoms with Crippen molar-refractivity contribution in [1.29, 1.82) is 0 Å². The first kappa shape index (κ1) is 13.8. The molecule has 0 amide bonds. The minimum Gasteiger partial charge on any atom is -0.394 e. The molecule has 2 aromatic rings. The van der Waals surface area contributed by atoms with Gasteiger partial charge in [0, 0.05) is 0 Å². The topological polar surface area (TPSA) is 111 Å². The first-order valence-electron chi connectivity index (χ1n) is 7.02. The number of hydrogen-bond donors (Lipinski definition) is 2. The molecule has 0 radical (unpaired) electrons. The number of imidazole rings is 1. The van der Waals surface area contributed by atoms with Gasteiger partial charge in [-0.05, 0) is 13.8 Å². The second kappa shape index (κ2) is 4.59. The van der Waals surface area contributed by atoms with E-state index in [0.717, 1.165) is 0 Å². The average Bonchev–Trinajstić information content (AvgIpc) is 3.10. The molecule has 2 saturated heterocycles. The summed E-state index contributed by atoms with van der Waals surface area (Å²) >= 11 is 0. The van der Waals surface area contributed by atoms with Crippen LogP contribution in [-0.2, 0) is 14.2 Å². The summed E-state index contributed by atoms with van der Waals surface area (Å²) in [6.07, 6.45) is 0.937. The molecule has 0 spiro atoms. The largest absolute Gasteiger partial charge is 0.394 e. The number of rotatable bonds is 2. The Hall–Kier alpha value is -1.81. The number of nitrogens with zero attached hydrogens (tertiary/aromatic N) is 3. The molecule has 0 aliphatic carbocycles. The lowest BCUT2D eigenvalue weighted by molar-refractivity contribution is -0.199. The molecule has 0 bridgehead atoms. The van der Waals surface area contributed by atoms with Crippen molar-refractivity contribution in [2.75, 3.05) is 6.61 Å². The van der Waals surface area contributed by atoms with Crippen LogP contribution in [0.2, 0.25) is 0 Å². The molecule has 2 aliphatic heterocycles. The zero-order valence-corrected chi connectivity index (χ0v) is 12.1. The predicted molar refractivity (Wildman–Crippen MR) is 73.0 cm³/mol. The van der Waals surface area contributed by atoms with E-state index < -0.39 is 24.2 Å². The summed E-state index contributed by atoms with van der Waals surface area (Å²) in [6.45, 7) is 3.44. The van der Waals surface area contributed by atoms with Crippen molar-refractivity contribution in [2.24, 2.45) is 0 Å². The van der Waals surface area contributed by atoms with Gasteiger partial charge in [-0.2, -0.15) is 0 Å². The van der Waals surface area contributed by atoms with Gasteiger partial charge in [0.25, 0.3) is 5.56 Å². The van der Waals surface area contributed by atoms with Gasteiger partial charge < -0.3 is 24.3 Å². The summed E-state index contributed by atoms with van der Waals surface area (Å²) in [5, 5.41) is 9.50. The number of aromatic nitrogens is 4. The number of fused-ring (bicyclic) bond motifs is 2. The van der Waals surface area contributed by atoms with Crippen molar-refractivity contribution >= 4 is 11.2 Å². The Balaban J connectivity index is 1.78. The van der Waals surface area contributed by atoms with Gasteiger partial charge in [0.1, 0.15) is 18.3 Å². The third-order valence-electron chi connectivity index (χ3n) is 3.94. The highest BCUT2D eigenvalue weighted by Gasteiger charge is 2.55. The number of hydrogen-bond acceptors (Lipinski definition) is 7. The number of nitrogens with one attached hydrogen (secondary N) is 1. The molecule has 2 N–H and O–H groups in total. The van der Waals surface area contributed by atoms with E-state index in [1.54, 1.807) is 4.57 Å². The second-order valence-electron chi connectivity index (χ2n) is 5.87. The Morgan fingerprint density at radius 3 is 2.91 bits per heavy atom. The number of ether oxygens (including phenoxy) is 3. The van der Waals surface area contributed by atoms with Crippen LogP contribution in [0.3, 0.4) is 0 Å². The highest BCUT2D eigenvalue weighted by atomic mass is 16.8. The summed E-state index contributed by atoms with van der Waals surface area (Å²) in [5.41, 5.74) is 0.314. The molecular formula is C13H16N4O5. The molecule has 9 nitrogen and oxygen atoms in total. The lowest BCUT2D eigenvalue weighted by Crippen LogP contribution is -2.31. The molecule has 4 atom stereocenters. The number of aromatic amines is 1. The van der Waals surface area contributed by atoms with Gasteiger partial charge >= 0.3 is 0 Å². The summed E-state index contributed by atoms with van der Waals surface area (Å²) in [6, 6.07) is 0. The molecule has 118 valence electrons. The van der Waals surface area contributed by atoms with E-state index in [1.807, 2.05) is 13.8 Å². The standard InChI is InChI=1S/C13H16N4O5/c1-13(2)21-8-6(3-18)20-12(9(8)22-13)17-5-16-7-10(17)14-4-15-11(7)19/h4-6,8-9,12,18H,3H2,1-2H3,(H,14,15,19)/t6-,8+,9-,12+/m1/s1. The van der Waals surface area contributed by atoms with Gasteiger partial charge in [-0.3, -0.25) is 9.36 Å². The molecule has 0 unspecified atom stereocenters. The SMILES string of the molecule is CC1(C)O[C@@H]2[C@@H](O1)[C@@H](n1cnc3c(=O)[nH]cnc31)O[C@@H]2CO. The molecule has 2 aromatic heterocycles. The molecule has 22 heavy (non-hydrogen) atoms. The fourth-order valence-electron chi connectivity index (χ4n) is 3.08. The van der Waals surface area contributed by atoms with Crippen molar-refractivity contribution in [3.05, 3.63) is 23.0 Å². The van der Waals surface area contributed by atoms with Crippen LogP contribution in [0.25, 0.3) is 11.2 Å². The van der Waals surface area contributed by atoms with Gasteiger partial charge in [0.05, 0.1) is 19.3 Å². The second-order valence-corrected chi connectivity index (χ2v) is 5.87. The summed E-state index contributed by atoms with van der Waals surface area (Å²) in [5.74, 6) is -0.758. The predicted octanol–water partition coefficient (Wildman–Crippen LogP) is -0.471. The minimum absolute atomic E-state index is 0.183. The van der Waals surface area contributed by atoms with Gasteiger partial charge in [-0.25, -0.2) is 9.97 Å². The van der Waals surface area contributed by atoms with Crippen LogP contribution in [0.1, 0.15) is 20.1 Å². The highest BCUT2D eigenvalue weighted by molar-refractivity contribution is 5.68. The zero-order chi connectivity index (χ0) is 15.5. The third kappa shape index (κ3) is 1.90. The quantitative estimate of drug-likeness (QED) is 0.771. The van der Waals surface area contributed by atoms with Crippen LogP contribution < -0.4 is 5.56 Å². The van der Waals surface area contributed by atoms with Crippen molar-refractivity contribution in [3.63, 3.8) is 0 Å². The molecule has 0 aromatic carbocycles. The summed E-state index contributed by atoms with van der Waals surface area (Å²) in [4.78, 5) is 22.5. The smallest absolute Gasteiger partial charge is 0.278 e. The molecule has 0 saturated carbocycles. The Bertz CT molecular complexity index is 769. The van der Waals surface area contributed by atoms with E-state index in [2.05, 4.69) is 15.0 Å². The fraction of sp³-hybridized carbons (Fsp3) is 0.615. The van der Waals surface area contributed by atoms with Crippen molar-refractivity contribution in [2.45, 2.75) is 44.2 Å². The monoisotopic (exact) mass is 308 g/mol. The molecule has 4 heterocycles. The maximum Gasteiger partial charge on any atom is 0.278 e. The molecule has 2 fully saturated rings. The Morgan fingerprint density at radius 1 is 1.36 bits per heavy atom. The van der Waals surface area contributed by atoms with Crippen molar-refractivity contribution < 1.29 is 19.3 Å². The first-order valence-corrected chi connectivity index (χ1v) is 7.02. The van der Waals surface area contributed by atoms with Gasteiger partial charge in [-0.1, -0.05) is 0 Å². The van der Waals surface area contributed by atoms with Gasteiger partial charge in [-0.15, -0.1) is 0 Å². The van der Waals surface area contributed by atoms with Crippen molar-refractivity contribution in [3.8, 4) is 0 Å². The van der Waals surface area contributed by atoms with Crippen molar-refractivity contribution in [1.82, 2.24) is 19.5 Å². The number of aliphatic hydroxyl groups is 1. The lowest BCUT2D eigenvalue weighted by Gasteiger charge is -2.24. The van der Waals surface area contributed by atoms with Gasteiger partial charge in [0.2, 0.25) is 0 Å². The van der Waals surface area contributed by atoms with E-state index in [0.29, 0.717) is 5.65 Å². The van der Waals surface area contributed by atoms with E-state index in [-0.39, 0.29) is 23.8 Å². The molecule has 2 aliphatic rings.